The van der Waals surface area contributed by atoms with Crippen LogP contribution in [0.25, 0.3) is 0 Å². The summed E-state index contributed by atoms with van der Waals surface area (Å²) >= 11 is 0. The number of amides is 1. The molecule has 80 valence electrons. The lowest BCUT2D eigenvalue weighted by atomic mass is 9.90. The zero-order valence-electron chi connectivity index (χ0n) is 8.48. The van der Waals surface area contributed by atoms with E-state index in [-0.39, 0.29) is 24.7 Å². The molecule has 0 saturated carbocycles. The molecule has 14 heavy (non-hydrogen) atoms. The van der Waals surface area contributed by atoms with Gasteiger partial charge in [-0.2, -0.15) is 0 Å². The molecule has 3 atom stereocenters. The van der Waals surface area contributed by atoms with Crippen molar-refractivity contribution in [3.8, 4) is 0 Å². The van der Waals surface area contributed by atoms with Crippen LogP contribution in [0.4, 0.5) is 4.79 Å². The number of hydrogen-bond donors (Lipinski definition) is 1. The molecule has 1 amide bonds. The predicted octanol–water partition coefficient (Wildman–Crippen LogP) is 0.988. The van der Waals surface area contributed by atoms with E-state index in [4.69, 9.17) is 9.84 Å². The second-order valence-corrected chi connectivity index (χ2v) is 4.08. The van der Waals surface area contributed by atoms with Crippen LogP contribution in [-0.2, 0) is 4.74 Å². The Morgan fingerprint density at radius 2 is 2.36 bits per heavy atom. The number of hydrogen-bond acceptors (Lipinski definition) is 3. The Hall–Kier alpha value is -0.770. The molecular formula is C10H17NO3. The maximum absolute atomic E-state index is 11.6. The lowest BCUT2D eigenvalue weighted by Gasteiger charge is -2.22. The third kappa shape index (κ3) is 1.38. The van der Waals surface area contributed by atoms with Crippen LogP contribution in [0.1, 0.15) is 26.2 Å². The second kappa shape index (κ2) is 3.77. The first-order valence-electron chi connectivity index (χ1n) is 5.33. The van der Waals surface area contributed by atoms with Crippen molar-refractivity contribution in [1.29, 1.82) is 0 Å². The molecule has 4 heteroatoms. The van der Waals surface area contributed by atoms with Crippen molar-refractivity contribution in [2.45, 2.75) is 38.3 Å². The van der Waals surface area contributed by atoms with Crippen molar-refractivity contribution in [2.24, 2.45) is 5.92 Å². The van der Waals surface area contributed by atoms with Gasteiger partial charge < -0.3 is 14.7 Å². The first-order valence-corrected chi connectivity index (χ1v) is 5.33. The van der Waals surface area contributed by atoms with E-state index < -0.39 is 0 Å². The van der Waals surface area contributed by atoms with Gasteiger partial charge >= 0.3 is 6.09 Å². The van der Waals surface area contributed by atoms with Gasteiger partial charge in [0, 0.05) is 24.6 Å². The molecule has 3 unspecified atom stereocenters. The van der Waals surface area contributed by atoms with Gasteiger partial charge in [0.05, 0.1) is 6.61 Å². The molecule has 2 fully saturated rings. The van der Waals surface area contributed by atoms with Crippen LogP contribution in [0.15, 0.2) is 0 Å². The van der Waals surface area contributed by atoms with E-state index in [1.54, 1.807) is 0 Å². The third-order valence-corrected chi connectivity index (χ3v) is 3.38. The Balaban J connectivity index is 2.03. The Labute approximate surface area is 83.8 Å². The lowest BCUT2D eigenvalue weighted by molar-refractivity contribution is 0.0957. The summed E-state index contributed by atoms with van der Waals surface area (Å²) in [7, 11) is 0. The average Bonchev–Trinajstić information content (AvgIpc) is 2.74. The number of ether oxygens (including phenoxy) is 1. The summed E-state index contributed by atoms with van der Waals surface area (Å²) in [6, 6.07) is 0.542. The molecule has 4 nitrogen and oxygen atoms in total. The van der Waals surface area contributed by atoms with Gasteiger partial charge in [-0.1, -0.05) is 0 Å². The van der Waals surface area contributed by atoms with Crippen molar-refractivity contribution in [1.82, 2.24) is 4.90 Å². The summed E-state index contributed by atoms with van der Waals surface area (Å²) in [6.07, 6.45) is 2.84. The average molecular weight is 199 g/mol. The maximum atomic E-state index is 11.6. The monoisotopic (exact) mass is 199 g/mol. The van der Waals surface area contributed by atoms with E-state index in [2.05, 4.69) is 0 Å². The Morgan fingerprint density at radius 3 is 2.93 bits per heavy atom. The summed E-state index contributed by atoms with van der Waals surface area (Å²) in [5, 5.41) is 9.14. The van der Waals surface area contributed by atoms with Crippen LogP contribution in [0, 0.1) is 5.92 Å². The van der Waals surface area contributed by atoms with Crippen LogP contribution < -0.4 is 0 Å². The molecule has 2 bridgehead atoms. The van der Waals surface area contributed by atoms with E-state index >= 15 is 0 Å². The van der Waals surface area contributed by atoms with E-state index in [0.29, 0.717) is 12.6 Å². The number of rotatable bonds is 2. The van der Waals surface area contributed by atoms with Crippen LogP contribution >= 0.6 is 0 Å². The molecule has 0 aromatic carbocycles. The standard InChI is InChI=1S/C10H17NO3/c1-2-14-10(13)11-8-3-4-9(11)7(5-8)6-12/h7-9,12H,2-6H2,1H3. The van der Waals surface area contributed by atoms with Crippen molar-refractivity contribution in [3.63, 3.8) is 0 Å². The quantitative estimate of drug-likeness (QED) is 0.721. The predicted molar refractivity (Wildman–Crippen MR) is 50.9 cm³/mol. The SMILES string of the molecule is CCOC(=O)N1C2CCC1C(CO)C2. The van der Waals surface area contributed by atoms with E-state index in [0.717, 1.165) is 19.3 Å². The zero-order chi connectivity index (χ0) is 10.1. The summed E-state index contributed by atoms with van der Waals surface area (Å²) in [4.78, 5) is 13.4. The second-order valence-electron chi connectivity index (χ2n) is 4.08. The fraction of sp³-hybridized carbons (Fsp3) is 0.900. The molecule has 2 aliphatic rings. The summed E-state index contributed by atoms with van der Waals surface area (Å²) in [5.41, 5.74) is 0. The molecule has 0 aliphatic carbocycles. The normalized spacial score (nSPS) is 35.0. The number of fused-ring (bicyclic) bond motifs is 2. The fourth-order valence-corrected chi connectivity index (χ4v) is 2.79. The van der Waals surface area contributed by atoms with Gasteiger partial charge in [-0.25, -0.2) is 4.79 Å². The highest BCUT2D eigenvalue weighted by Crippen LogP contribution is 2.41. The Kier molecular flexibility index (Phi) is 2.63. The van der Waals surface area contributed by atoms with Crippen LogP contribution in [-0.4, -0.2) is 41.4 Å². The summed E-state index contributed by atoms with van der Waals surface area (Å²) in [5.74, 6) is 0.276. The Bertz CT molecular complexity index is 231. The topological polar surface area (TPSA) is 49.8 Å². The van der Waals surface area contributed by atoms with Gasteiger partial charge in [0.15, 0.2) is 0 Å². The van der Waals surface area contributed by atoms with E-state index in [1.165, 1.54) is 0 Å². The van der Waals surface area contributed by atoms with Gasteiger partial charge in [0.1, 0.15) is 0 Å². The smallest absolute Gasteiger partial charge is 0.410 e. The lowest BCUT2D eigenvalue weighted by Crippen LogP contribution is -2.37. The van der Waals surface area contributed by atoms with E-state index in [9.17, 15) is 4.79 Å². The van der Waals surface area contributed by atoms with Gasteiger partial charge in [-0.15, -0.1) is 0 Å². The number of carbonyl (C=O) groups excluding carboxylic acids is 1. The molecule has 0 radical (unpaired) electrons. The molecular weight excluding hydrogens is 182 g/mol. The van der Waals surface area contributed by atoms with E-state index in [1.807, 2.05) is 11.8 Å². The van der Waals surface area contributed by atoms with Crippen molar-refractivity contribution >= 4 is 6.09 Å². The van der Waals surface area contributed by atoms with Crippen molar-refractivity contribution in [2.75, 3.05) is 13.2 Å². The molecule has 2 saturated heterocycles. The minimum Gasteiger partial charge on any atom is -0.450 e. The largest absolute Gasteiger partial charge is 0.450 e. The van der Waals surface area contributed by atoms with Crippen molar-refractivity contribution < 1.29 is 14.6 Å². The molecule has 2 rings (SSSR count). The zero-order valence-corrected chi connectivity index (χ0v) is 8.48. The van der Waals surface area contributed by atoms with Crippen LogP contribution in [0.3, 0.4) is 0 Å². The highest BCUT2D eigenvalue weighted by molar-refractivity contribution is 5.69. The summed E-state index contributed by atoms with van der Waals surface area (Å²) < 4.78 is 5.00. The van der Waals surface area contributed by atoms with Crippen LogP contribution in [0.5, 0.6) is 0 Å². The molecule has 0 aromatic rings. The number of aliphatic hydroxyl groups is 1. The minimum atomic E-state index is -0.198. The number of aliphatic hydroxyl groups excluding tert-OH is 1. The van der Waals surface area contributed by atoms with Gasteiger partial charge in [0.2, 0.25) is 0 Å². The molecule has 0 aromatic heterocycles. The van der Waals surface area contributed by atoms with Gasteiger partial charge in [-0.05, 0) is 26.2 Å². The first-order chi connectivity index (χ1) is 6.77. The Morgan fingerprint density at radius 1 is 1.57 bits per heavy atom. The first kappa shape index (κ1) is 9.77. The number of carbonyl (C=O) groups is 1. The minimum absolute atomic E-state index is 0.192. The third-order valence-electron chi connectivity index (χ3n) is 3.38. The molecule has 2 aliphatic heterocycles. The highest BCUT2D eigenvalue weighted by atomic mass is 16.6. The molecule has 2 heterocycles. The molecule has 0 spiro atoms. The fourth-order valence-electron chi connectivity index (χ4n) is 2.79. The maximum Gasteiger partial charge on any atom is 0.410 e. The van der Waals surface area contributed by atoms with Gasteiger partial charge in [-0.3, -0.25) is 0 Å². The molecule has 1 N–H and O–H groups in total. The van der Waals surface area contributed by atoms with Crippen molar-refractivity contribution in [3.05, 3.63) is 0 Å². The van der Waals surface area contributed by atoms with Gasteiger partial charge in [0.25, 0.3) is 0 Å². The highest BCUT2D eigenvalue weighted by Gasteiger charge is 2.48. The summed E-state index contributed by atoms with van der Waals surface area (Å²) in [6.45, 7) is 2.44. The number of nitrogens with zero attached hydrogens (tertiary/aromatic N) is 1. The van der Waals surface area contributed by atoms with Crippen LogP contribution in [0.2, 0.25) is 0 Å².